The Hall–Kier alpha value is -3.01. The molecular formula is C26H26ClFN4O3S. The summed E-state index contributed by atoms with van der Waals surface area (Å²) in [6, 6.07) is 16.2. The van der Waals surface area contributed by atoms with Gasteiger partial charge < -0.3 is 10.2 Å². The molecule has 5 rings (SSSR count). The molecule has 0 radical (unpaired) electrons. The molecular weight excluding hydrogens is 503 g/mol. The number of hydrogen-bond acceptors (Lipinski definition) is 5. The van der Waals surface area contributed by atoms with E-state index in [2.05, 4.69) is 10.3 Å². The first-order chi connectivity index (χ1) is 17.2. The third-order valence-corrected chi connectivity index (χ3v) is 8.38. The number of sulfonamides is 1. The van der Waals surface area contributed by atoms with Gasteiger partial charge in [-0.25, -0.2) is 22.9 Å². The summed E-state index contributed by atoms with van der Waals surface area (Å²) in [7, 11) is -4.20. The van der Waals surface area contributed by atoms with Crippen LogP contribution < -0.4 is 10.5 Å². The molecule has 0 atom stereocenters. The monoisotopic (exact) mass is 528 g/mol. The lowest BCUT2D eigenvalue weighted by molar-refractivity contribution is 0.0713. The number of primary sulfonamides is 1. The van der Waals surface area contributed by atoms with Crippen LogP contribution in [-0.2, 0) is 15.6 Å². The predicted molar refractivity (Wildman–Crippen MR) is 136 cm³/mol. The maximum atomic E-state index is 13.6. The zero-order chi connectivity index (χ0) is 25.5. The van der Waals surface area contributed by atoms with E-state index in [0.29, 0.717) is 13.1 Å². The summed E-state index contributed by atoms with van der Waals surface area (Å²) in [4.78, 5) is 19.3. The van der Waals surface area contributed by atoms with Crippen LogP contribution in [0.15, 0.2) is 65.8 Å². The highest BCUT2D eigenvalue weighted by atomic mass is 35.5. The minimum Gasteiger partial charge on any atom is -0.374 e. The fraction of sp³-hybridized carbons (Fsp3) is 0.308. The molecule has 1 saturated carbocycles. The van der Waals surface area contributed by atoms with Crippen LogP contribution in [0.4, 0.5) is 10.1 Å². The summed E-state index contributed by atoms with van der Waals surface area (Å²) in [6.07, 6.45) is 4.30. The van der Waals surface area contributed by atoms with E-state index in [1.54, 1.807) is 17.0 Å². The first kappa shape index (κ1) is 24.7. The Bertz CT molecular complexity index is 1390. The molecule has 1 aliphatic carbocycles. The van der Waals surface area contributed by atoms with Crippen molar-refractivity contribution in [3.63, 3.8) is 0 Å². The third kappa shape index (κ3) is 4.83. The van der Waals surface area contributed by atoms with Crippen molar-refractivity contribution in [3.8, 4) is 0 Å². The summed E-state index contributed by atoms with van der Waals surface area (Å²) < 4.78 is 37.5. The number of carbonyl (C=O) groups excluding carboxylic acids is 1. The smallest absolute Gasteiger partial charge is 0.257 e. The van der Waals surface area contributed by atoms with E-state index in [4.69, 9.17) is 16.7 Å². The maximum Gasteiger partial charge on any atom is 0.257 e. The Labute approximate surface area is 214 Å². The normalized spacial score (nSPS) is 17.6. The van der Waals surface area contributed by atoms with Gasteiger partial charge in [0.05, 0.1) is 16.8 Å². The van der Waals surface area contributed by atoms with E-state index < -0.39 is 20.6 Å². The largest absolute Gasteiger partial charge is 0.374 e. The number of carbonyl (C=O) groups is 1. The summed E-state index contributed by atoms with van der Waals surface area (Å²) in [6.45, 7) is 0.997. The summed E-state index contributed by atoms with van der Waals surface area (Å²) in [5, 5.41) is 8.07. The minimum absolute atomic E-state index is 0.188. The molecule has 188 valence electrons. The number of nitrogens with one attached hydrogen (secondary N) is 1. The van der Waals surface area contributed by atoms with Gasteiger partial charge in [0.2, 0.25) is 0 Å². The third-order valence-electron chi connectivity index (χ3n) is 7.05. The van der Waals surface area contributed by atoms with Crippen molar-refractivity contribution >= 4 is 33.2 Å². The van der Waals surface area contributed by atoms with E-state index in [1.807, 2.05) is 30.3 Å². The van der Waals surface area contributed by atoms with Crippen molar-refractivity contribution < 1.29 is 17.6 Å². The molecule has 0 unspecified atom stereocenters. The van der Waals surface area contributed by atoms with E-state index in [1.165, 1.54) is 18.3 Å². The van der Waals surface area contributed by atoms with Gasteiger partial charge in [-0.1, -0.05) is 54.1 Å². The highest BCUT2D eigenvalue weighted by Gasteiger charge is 2.46. The summed E-state index contributed by atoms with van der Waals surface area (Å²) in [5.74, 6) is -0.330. The first-order valence-electron chi connectivity index (χ1n) is 11.8. The van der Waals surface area contributed by atoms with Gasteiger partial charge in [0.1, 0.15) is 10.8 Å². The number of aromatic nitrogens is 1. The van der Waals surface area contributed by atoms with Crippen LogP contribution in [0.2, 0.25) is 5.02 Å². The second-order valence-corrected chi connectivity index (χ2v) is 11.3. The molecule has 0 spiro atoms. The number of halogens is 2. The van der Waals surface area contributed by atoms with Crippen LogP contribution in [0.25, 0.3) is 0 Å². The number of nitrogens with zero attached hydrogens (tertiary/aromatic N) is 2. The van der Waals surface area contributed by atoms with Crippen LogP contribution in [-0.4, -0.2) is 37.3 Å². The van der Waals surface area contributed by atoms with Crippen LogP contribution in [0.3, 0.4) is 0 Å². The molecule has 3 N–H and O–H groups in total. The van der Waals surface area contributed by atoms with E-state index in [-0.39, 0.29) is 33.9 Å². The lowest BCUT2D eigenvalue weighted by atomic mass is 9.89. The Morgan fingerprint density at radius 3 is 2.31 bits per heavy atom. The molecule has 10 heteroatoms. The van der Waals surface area contributed by atoms with Crippen molar-refractivity contribution in [2.24, 2.45) is 5.14 Å². The topological polar surface area (TPSA) is 105 Å². The maximum absolute atomic E-state index is 13.6. The average molecular weight is 529 g/mol. The number of rotatable bonds is 6. The lowest BCUT2D eigenvalue weighted by Crippen LogP contribution is -2.38. The molecule has 3 aromatic rings. The van der Waals surface area contributed by atoms with Crippen molar-refractivity contribution in [2.75, 3.05) is 18.4 Å². The van der Waals surface area contributed by atoms with Crippen LogP contribution >= 0.6 is 11.6 Å². The van der Waals surface area contributed by atoms with Crippen molar-refractivity contribution in [1.82, 2.24) is 9.88 Å². The molecule has 2 aromatic carbocycles. The SMILES string of the molecule is NS(=O)(=O)c1ncc(C(=O)N2CCC(c3ccc(F)cc3)CC2)c(NC2(c3ccccc3)CC2)c1Cl. The van der Waals surface area contributed by atoms with Gasteiger partial charge in [0, 0.05) is 19.3 Å². The number of anilines is 1. The summed E-state index contributed by atoms with van der Waals surface area (Å²) in [5.41, 5.74) is 2.05. The molecule has 1 aromatic heterocycles. The van der Waals surface area contributed by atoms with Gasteiger partial charge in [-0.05, 0) is 54.9 Å². The number of hydrogen-bond donors (Lipinski definition) is 2. The van der Waals surface area contributed by atoms with E-state index in [9.17, 15) is 17.6 Å². The van der Waals surface area contributed by atoms with Gasteiger partial charge in [0.15, 0.2) is 5.03 Å². The molecule has 1 amide bonds. The molecule has 1 aliphatic heterocycles. The van der Waals surface area contributed by atoms with Gasteiger partial charge in [0.25, 0.3) is 15.9 Å². The molecule has 1 saturated heterocycles. The fourth-order valence-corrected chi connectivity index (χ4v) is 5.95. The lowest BCUT2D eigenvalue weighted by Gasteiger charge is -2.33. The Kier molecular flexibility index (Phi) is 6.48. The molecule has 36 heavy (non-hydrogen) atoms. The van der Waals surface area contributed by atoms with Crippen molar-refractivity contribution in [1.29, 1.82) is 0 Å². The average Bonchev–Trinajstić information content (AvgIpc) is 3.66. The van der Waals surface area contributed by atoms with Crippen molar-refractivity contribution in [3.05, 3.63) is 88.3 Å². The zero-order valence-electron chi connectivity index (χ0n) is 19.5. The van der Waals surface area contributed by atoms with Crippen LogP contribution in [0.1, 0.15) is 53.1 Å². The second kappa shape index (κ2) is 9.46. The second-order valence-electron chi connectivity index (χ2n) is 9.40. The highest BCUT2D eigenvalue weighted by molar-refractivity contribution is 7.89. The van der Waals surface area contributed by atoms with Crippen molar-refractivity contribution in [2.45, 2.75) is 42.2 Å². The number of amides is 1. The standard InChI is InChI=1S/C26H26ClFN4O3S/c27-22-23(31-26(12-13-26)19-4-2-1-3-5-19)21(16-30-24(22)36(29,34)35)25(33)32-14-10-18(11-15-32)17-6-8-20(28)9-7-17/h1-9,16,18H,10-15H2,(H,30,31)(H2,29,34,35). The first-order valence-corrected chi connectivity index (χ1v) is 13.7. The van der Waals surface area contributed by atoms with Crippen LogP contribution in [0.5, 0.6) is 0 Å². The number of piperidine rings is 1. The quantitative estimate of drug-likeness (QED) is 0.485. The number of likely N-dealkylation sites (tertiary alicyclic amines) is 1. The molecule has 2 heterocycles. The zero-order valence-corrected chi connectivity index (χ0v) is 21.0. The highest BCUT2D eigenvalue weighted by Crippen LogP contribution is 2.50. The van der Waals surface area contributed by atoms with E-state index in [0.717, 1.165) is 36.8 Å². The van der Waals surface area contributed by atoms with Gasteiger partial charge in [-0.3, -0.25) is 4.79 Å². The number of pyridine rings is 1. The van der Waals surface area contributed by atoms with Gasteiger partial charge in [-0.2, -0.15) is 0 Å². The summed E-state index contributed by atoms with van der Waals surface area (Å²) >= 11 is 6.53. The Balaban J connectivity index is 1.43. The predicted octanol–water partition coefficient (Wildman–Crippen LogP) is 4.64. The number of nitrogens with two attached hydrogens (primary N) is 1. The van der Waals surface area contributed by atoms with Crippen LogP contribution in [0, 0.1) is 5.82 Å². The number of benzene rings is 2. The van der Waals surface area contributed by atoms with Gasteiger partial charge in [-0.15, -0.1) is 0 Å². The molecule has 7 nitrogen and oxygen atoms in total. The van der Waals surface area contributed by atoms with Gasteiger partial charge >= 0.3 is 0 Å². The minimum atomic E-state index is -4.20. The Morgan fingerprint density at radius 1 is 1.08 bits per heavy atom. The molecule has 0 bridgehead atoms. The Morgan fingerprint density at radius 2 is 1.72 bits per heavy atom. The van der Waals surface area contributed by atoms with E-state index >= 15 is 0 Å². The fourth-order valence-electron chi connectivity index (χ4n) is 4.88. The molecule has 2 aliphatic rings. The molecule has 2 fully saturated rings.